The van der Waals surface area contributed by atoms with Crippen LogP contribution in [-0.4, -0.2) is 24.9 Å². The van der Waals surface area contributed by atoms with Crippen LogP contribution in [0.1, 0.15) is 31.0 Å². The Morgan fingerprint density at radius 2 is 1.60 bits per heavy atom. The molecular formula is C20H25N3O2. The van der Waals surface area contributed by atoms with Crippen LogP contribution in [-0.2, 0) is 16.0 Å². The van der Waals surface area contributed by atoms with Gasteiger partial charge in [-0.1, -0.05) is 55.5 Å². The molecule has 0 aliphatic heterocycles. The van der Waals surface area contributed by atoms with E-state index in [0.717, 1.165) is 23.2 Å². The third-order valence-electron chi connectivity index (χ3n) is 3.99. The van der Waals surface area contributed by atoms with Gasteiger partial charge in [-0.05, 0) is 30.5 Å². The lowest BCUT2D eigenvalue weighted by atomic mass is 10.1. The second kappa shape index (κ2) is 9.59. The molecule has 0 saturated carbocycles. The molecule has 0 radical (unpaired) electrons. The molecule has 1 atom stereocenters. The molecule has 2 aromatic rings. The van der Waals surface area contributed by atoms with Gasteiger partial charge in [0, 0.05) is 11.7 Å². The molecule has 0 spiro atoms. The quantitative estimate of drug-likeness (QED) is 0.692. The van der Waals surface area contributed by atoms with E-state index in [-0.39, 0.29) is 30.9 Å². The predicted octanol–water partition coefficient (Wildman–Crippen LogP) is 2.65. The molecular weight excluding hydrogens is 314 g/mol. The van der Waals surface area contributed by atoms with E-state index in [1.165, 1.54) is 0 Å². The molecule has 2 amide bonds. The molecule has 0 aliphatic carbocycles. The predicted molar refractivity (Wildman–Crippen MR) is 100 cm³/mol. The van der Waals surface area contributed by atoms with E-state index in [0.29, 0.717) is 0 Å². The Kier molecular flexibility index (Phi) is 7.16. The number of amides is 2. The fourth-order valence-corrected chi connectivity index (χ4v) is 2.49. The van der Waals surface area contributed by atoms with E-state index >= 15 is 0 Å². The smallest absolute Gasteiger partial charge is 0.243 e. The molecule has 0 aromatic heterocycles. The Balaban J connectivity index is 1.73. The number of aryl methyl sites for hydroxylation is 1. The summed E-state index contributed by atoms with van der Waals surface area (Å²) in [4.78, 5) is 23.9. The Bertz CT molecular complexity index is 701. The van der Waals surface area contributed by atoms with Crippen molar-refractivity contribution in [2.45, 2.75) is 26.3 Å². The first-order valence-electron chi connectivity index (χ1n) is 8.53. The van der Waals surface area contributed by atoms with Crippen LogP contribution < -0.4 is 16.0 Å². The second-order valence-corrected chi connectivity index (χ2v) is 5.85. The van der Waals surface area contributed by atoms with Gasteiger partial charge in [-0.3, -0.25) is 9.59 Å². The van der Waals surface area contributed by atoms with Crippen molar-refractivity contribution in [2.24, 2.45) is 0 Å². The number of anilines is 1. The van der Waals surface area contributed by atoms with Crippen molar-refractivity contribution >= 4 is 17.5 Å². The number of benzene rings is 2. The summed E-state index contributed by atoms with van der Waals surface area (Å²) in [6.07, 6.45) is 0.837. The molecule has 25 heavy (non-hydrogen) atoms. The zero-order valence-corrected chi connectivity index (χ0v) is 14.7. The first-order valence-corrected chi connectivity index (χ1v) is 8.53. The van der Waals surface area contributed by atoms with Crippen LogP contribution in [0.4, 0.5) is 5.69 Å². The van der Waals surface area contributed by atoms with Crippen LogP contribution in [0.5, 0.6) is 0 Å². The Hall–Kier alpha value is -2.66. The summed E-state index contributed by atoms with van der Waals surface area (Å²) in [6.45, 7) is 4.15. The zero-order valence-electron chi connectivity index (χ0n) is 14.7. The molecule has 5 nitrogen and oxygen atoms in total. The highest BCUT2D eigenvalue weighted by atomic mass is 16.2. The molecule has 0 saturated heterocycles. The van der Waals surface area contributed by atoms with Crippen molar-refractivity contribution in [2.75, 3.05) is 18.4 Å². The molecule has 132 valence electrons. The van der Waals surface area contributed by atoms with Gasteiger partial charge in [0.05, 0.1) is 13.1 Å². The fraction of sp³-hybridized carbons (Fsp3) is 0.300. The SMILES string of the molecule is CCc1ccccc1NC(=O)CNC(=O)CN[C@H](C)c1ccccc1. The zero-order chi connectivity index (χ0) is 18.1. The molecule has 3 N–H and O–H groups in total. The van der Waals surface area contributed by atoms with E-state index in [1.54, 1.807) is 0 Å². The number of rotatable bonds is 8. The first kappa shape index (κ1) is 18.7. The number of carbonyl (C=O) groups excluding carboxylic acids is 2. The minimum atomic E-state index is -0.231. The van der Waals surface area contributed by atoms with Gasteiger partial charge >= 0.3 is 0 Å². The normalized spacial score (nSPS) is 11.6. The molecule has 2 rings (SSSR count). The highest BCUT2D eigenvalue weighted by molar-refractivity contribution is 5.95. The fourth-order valence-electron chi connectivity index (χ4n) is 2.49. The summed E-state index contributed by atoms with van der Waals surface area (Å²) in [5.74, 6) is -0.438. The third-order valence-corrected chi connectivity index (χ3v) is 3.99. The summed E-state index contributed by atoms with van der Waals surface area (Å²) < 4.78 is 0. The van der Waals surface area contributed by atoms with E-state index < -0.39 is 0 Å². The van der Waals surface area contributed by atoms with Crippen molar-refractivity contribution in [3.8, 4) is 0 Å². The maximum absolute atomic E-state index is 12.0. The van der Waals surface area contributed by atoms with Gasteiger partial charge in [-0.25, -0.2) is 0 Å². The summed E-state index contributed by atoms with van der Waals surface area (Å²) in [5, 5.41) is 8.61. The maximum Gasteiger partial charge on any atom is 0.243 e. The van der Waals surface area contributed by atoms with Crippen LogP contribution in [0.25, 0.3) is 0 Å². The first-order chi connectivity index (χ1) is 12.1. The lowest BCUT2D eigenvalue weighted by molar-refractivity contribution is -0.123. The molecule has 0 unspecified atom stereocenters. The van der Waals surface area contributed by atoms with E-state index in [4.69, 9.17) is 0 Å². The average molecular weight is 339 g/mol. The lowest BCUT2D eigenvalue weighted by Gasteiger charge is -2.14. The highest BCUT2D eigenvalue weighted by Crippen LogP contribution is 2.15. The topological polar surface area (TPSA) is 70.2 Å². The Labute approximate surface area is 148 Å². The molecule has 0 fully saturated rings. The van der Waals surface area contributed by atoms with Gasteiger partial charge in [0.25, 0.3) is 0 Å². The molecule has 2 aromatic carbocycles. The Morgan fingerprint density at radius 1 is 0.920 bits per heavy atom. The van der Waals surface area contributed by atoms with Crippen LogP contribution >= 0.6 is 0 Å². The molecule has 0 bridgehead atoms. The van der Waals surface area contributed by atoms with Crippen molar-refractivity contribution in [1.29, 1.82) is 0 Å². The summed E-state index contributed by atoms with van der Waals surface area (Å²) >= 11 is 0. The standard InChI is InChI=1S/C20H25N3O2/c1-3-16-9-7-8-12-18(16)23-20(25)14-22-19(24)13-21-15(2)17-10-5-4-6-11-17/h4-12,15,21H,3,13-14H2,1-2H3,(H,22,24)(H,23,25)/t15-/m1/s1. The number of hydrogen-bond donors (Lipinski definition) is 3. The van der Waals surface area contributed by atoms with Gasteiger partial charge < -0.3 is 16.0 Å². The van der Waals surface area contributed by atoms with E-state index in [2.05, 4.69) is 16.0 Å². The summed E-state index contributed by atoms with van der Waals surface area (Å²) in [5.41, 5.74) is 2.98. The molecule has 5 heteroatoms. The second-order valence-electron chi connectivity index (χ2n) is 5.85. The highest BCUT2D eigenvalue weighted by Gasteiger charge is 2.10. The minimum Gasteiger partial charge on any atom is -0.346 e. The van der Waals surface area contributed by atoms with E-state index in [9.17, 15) is 9.59 Å². The summed E-state index contributed by atoms with van der Waals surface area (Å²) in [6, 6.07) is 17.6. The number of nitrogens with one attached hydrogen (secondary N) is 3. The third kappa shape index (κ3) is 6.04. The number of carbonyl (C=O) groups is 2. The van der Waals surface area contributed by atoms with Crippen molar-refractivity contribution in [1.82, 2.24) is 10.6 Å². The molecule has 0 aliphatic rings. The van der Waals surface area contributed by atoms with Crippen LogP contribution in [0, 0.1) is 0 Å². The van der Waals surface area contributed by atoms with Gasteiger partial charge in [0.2, 0.25) is 11.8 Å². The van der Waals surface area contributed by atoms with Gasteiger partial charge in [-0.2, -0.15) is 0 Å². The van der Waals surface area contributed by atoms with Crippen LogP contribution in [0.15, 0.2) is 54.6 Å². The maximum atomic E-state index is 12.0. The lowest BCUT2D eigenvalue weighted by Crippen LogP contribution is -2.39. The van der Waals surface area contributed by atoms with Crippen molar-refractivity contribution in [3.05, 3.63) is 65.7 Å². The minimum absolute atomic E-state index is 0.0434. The van der Waals surface area contributed by atoms with Crippen molar-refractivity contribution < 1.29 is 9.59 Å². The van der Waals surface area contributed by atoms with Crippen LogP contribution in [0.3, 0.4) is 0 Å². The van der Waals surface area contributed by atoms with Gasteiger partial charge in [-0.15, -0.1) is 0 Å². The monoisotopic (exact) mass is 339 g/mol. The van der Waals surface area contributed by atoms with Crippen molar-refractivity contribution in [3.63, 3.8) is 0 Å². The average Bonchev–Trinajstić information content (AvgIpc) is 2.65. The molecule has 0 heterocycles. The van der Waals surface area contributed by atoms with Gasteiger partial charge in [0.15, 0.2) is 0 Å². The van der Waals surface area contributed by atoms with E-state index in [1.807, 2.05) is 68.4 Å². The number of para-hydroxylation sites is 1. The van der Waals surface area contributed by atoms with Gasteiger partial charge in [0.1, 0.15) is 0 Å². The van der Waals surface area contributed by atoms with Crippen LogP contribution in [0.2, 0.25) is 0 Å². The summed E-state index contributed by atoms with van der Waals surface area (Å²) in [7, 11) is 0. The largest absolute Gasteiger partial charge is 0.346 e. The Morgan fingerprint density at radius 3 is 2.32 bits per heavy atom. The number of hydrogen-bond acceptors (Lipinski definition) is 3.